The summed E-state index contributed by atoms with van der Waals surface area (Å²) < 4.78 is 5.02. The van der Waals surface area contributed by atoms with Gasteiger partial charge < -0.3 is 10.1 Å². The van der Waals surface area contributed by atoms with Crippen LogP contribution in [0.25, 0.3) is 0 Å². The standard InChI is InChI=1S/C16H22N2O2/c1-5-20-11-15(19)18-14(10-17)12-6-8-13(9-7-12)16(2,3)4/h6-9,14H,5,11H2,1-4H3,(H,18,19)/t14-/m1/s1. The van der Waals surface area contributed by atoms with Crippen molar-refractivity contribution in [2.24, 2.45) is 0 Å². The van der Waals surface area contributed by atoms with E-state index in [2.05, 4.69) is 32.2 Å². The predicted octanol–water partition coefficient (Wildman–Crippen LogP) is 2.70. The molecule has 0 aliphatic heterocycles. The fourth-order valence-electron chi connectivity index (χ4n) is 1.76. The molecule has 1 rings (SSSR count). The molecule has 0 spiro atoms. The zero-order valence-corrected chi connectivity index (χ0v) is 12.6. The summed E-state index contributed by atoms with van der Waals surface area (Å²) in [4.78, 5) is 11.6. The van der Waals surface area contributed by atoms with Gasteiger partial charge in [0.15, 0.2) is 0 Å². The lowest BCUT2D eigenvalue weighted by atomic mass is 9.86. The molecule has 4 nitrogen and oxygen atoms in total. The first kappa shape index (κ1) is 16.2. The van der Waals surface area contributed by atoms with E-state index in [4.69, 9.17) is 4.74 Å². The van der Waals surface area contributed by atoms with Crippen molar-refractivity contribution in [1.82, 2.24) is 5.32 Å². The van der Waals surface area contributed by atoms with Crippen molar-refractivity contribution < 1.29 is 9.53 Å². The third-order valence-corrected chi connectivity index (χ3v) is 2.98. The van der Waals surface area contributed by atoms with Crippen LogP contribution in [-0.2, 0) is 14.9 Å². The number of hydrogen-bond acceptors (Lipinski definition) is 3. The molecule has 0 radical (unpaired) electrons. The van der Waals surface area contributed by atoms with Gasteiger partial charge in [-0.1, -0.05) is 45.0 Å². The van der Waals surface area contributed by atoms with Crippen molar-refractivity contribution in [2.75, 3.05) is 13.2 Å². The second-order valence-corrected chi connectivity index (χ2v) is 5.64. The van der Waals surface area contributed by atoms with Gasteiger partial charge in [0.25, 0.3) is 0 Å². The minimum atomic E-state index is -0.642. The topological polar surface area (TPSA) is 62.1 Å². The zero-order chi connectivity index (χ0) is 15.2. The van der Waals surface area contributed by atoms with E-state index in [1.807, 2.05) is 31.2 Å². The molecular formula is C16H22N2O2. The van der Waals surface area contributed by atoms with E-state index in [0.717, 1.165) is 5.56 Å². The van der Waals surface area contributed by atoms with Crippen LogP contribution < -0.4 is 5.32 Å². The van der Waals surface area contributed by atoms with Gasteiger partial charge in [0.2, 0.25) is 5.91 Å². The number of nitrogens with one attached hydrogen (secondary N) is 1. The summed E-state index contributed by atoms with van der Waals surface area (Å²) in [5.74, 6) is -0.279. The van der Waals surface area contributed by atoms with E-state index >= 15 is 0 Å². The Balaban J connectivity index is 2.76. The maximum atomic E-state index is 11.6. The first-order valence-corrected chi connectivity index (χ1v) is 6.75. The van der Waals surface area contributed by atoms with Crippen LogP contribution in [0.5, 0.6) is 0 Å². The summed E-state index contributed by atoms with van der Waals surface area (Å²) in [6, 6.07) is 9.21. The first-order chi connectivity index (χ1) is 9.38. The van der Waals surface area contributed by atoms with Crippen LogP contribution in [0, 0.1) is 11.3 Å². The van der Waals surface area contributed by atoms with E-state index in [-0.39, 0.29) is 17.9 Å². The highest BCUT2D eigenvalue weighted by atomic mass is 16.5. The van der Waals surface area contributed by atoms with Crippen LogP contribution in [0.3, 0.4) is 0 Å². The monoisotopic (exact) mass is 274 g/mol. The molecule has 0 saturated heterocycles. The average molecular weight is 274 g/mol. The number of carbonyl (C=O) groups excluding carboxylic acids is 1. The third-order valence-electron chi connectivity index (χ3n) is 2.98. The fourth-order valence-corrected chi connectivity index (χ4v) is 1.76. The molecule has 1 amide bonds. The molecule has 0 aliphatic rings. The van der Waals surface area contributed by atoms with Gasteiger partial charge in [0.05, 0.1) is 6.07 Å². The Morgan fingerprint density at radius 3 is 2.40 bits per heavy atom. The minimum absolute atomic E-state index is 0.0191. The van der Waals surface area contributed by atoms with Crippen molar-refractivity contribution >= 4 is 5.91 Å². The normalized spacial score (nSPS) is 12.6. The Bertz CT molecular complexity index is 481. The number of benzene rings is 1. The number of nitrogens with zero attached hydrogens (tertiary/aromatic N) is 1. The Hall–Kier alpha value is -1.86. The van der Waals surface area contributed by atoms with E-state index < -0.39 is 6.04 Å². The number of nitriles is 1. The molecule has 1 atom stereocenters. The summed E-state index contributed by atoms with van der Waals surface area (Å²) in [5.41, 5.74) is 2.04. The molecule has 0 fully saturated rings. The van der Waals surface area contributed by atoms with Gasteiger partial charge in [0.1, 0.15) is 12.6 Å². The summed E-state index contributed by atoms with van der Waals surface area (Å²) in [5, 5.41) is 11.8. The smallest absolute Gasteiger partial charge is 0.247 e. The maximum absolute atomic E-state index is 11.6. The van der Waals surface area contributed by atoms with Crippen LogP contribution in [0.1, 0.15) is 44.9 Å². The Morgan fingerprint density at radius 1 is 1.35 bits per heavy atom. The molecule has 0 bridgehead atoms. The van der Waals surface area contributed by atoms with Crippen LogP contribution in [0.15, 0.2) is 24.3 Å². The second-order valence-electron chi connectivity index (χ2n) is 5.64. The average Bonchev–Trinajstić information content (AvgIpc) is 2.41. The highest BCUT2D eigenvalue weighted by molar-refractivity contribution is 5.78. The third kappa shape index (κ3) is 4.67. The van der Waals surface area contributed by atoms with Crippen molar-refractivity contribution in [2.45, 2.75) is 39.2 Å². The van der Waals surface area contributed by atoms with E-state index in [1.54, 1.807) is 0 Å². The number of amides is 1. The van der Waals surface area contributed by atoms with Crippen LogP contribution in [0.2, 0.25) is 0 Å². The van der Waals surface area contributed by atoms with Gasteiger partial charge >= 0.3 is 0 Å². The molecule has 108 valence electrons. The summed E-state index contributed by atoms with van der Waals surface area (Å²) >= 11 is 0. The Labute approximate surface area is 120 Å². The van der Waals surface area contributed by atoms with Crippen LogP contribution in [-0.4, -0.2) is 19.1 Å². The van der Waals surface area contributed by atoms with Gasteiger partial charge in [0, 0.05) is 6.61 Å². The molecule has 4 heteroatoms. The molecule has 0 unspecified atom stereocenters. The van der Waals surface area contributed by atoms with Crippen molar-refractivity contribution in [3.63, 3.8) is 0 Å². The number of rotatable bonds is 5. The largest absolute Gasteiger partial charge is 0.372 e. The summed E-state index contributed by atoms with van der Waals surface area (Å²) in [6.45, 7) is 8.68. The summed E-state index contributed by atoms with van der Waals surface area (Å²) in [6.07, 6.45) is 0. The lowest BCUT2D eigenvalue weighted by molar-refractivity contribution is -0.125. The Morgan fingerprint density at radius 2 is 1.95 bits per heavy atom. The highest BCUT2D eigenvalue weighted by Crippen LogP contribution is 2.23. The molecule has 1 aromatic carbocycles. The number of hydrogen-bond donors (Lipinski definition) is 1. The lowest BCUT2D eigenvalue weighted by Gasteiger charge is -2.20. The van der Waals surface area contributed by atoms with Gasteiger partial charge in [-0.3, -0.25) is 4.79 Å². The molecule has 20 heavy (non-hydrogen) atoms. The first-order valence-electron chi connectivity index (χ1n) is 6.75. The second kappa shape index (κ2) is 7.06. The molecule has 0 saturated carbocycles. The van der Waals surface area contributed by atoms with E-state index in [1.165, 1.54) is 5.56 Å². The lowest BCUT2D eigenvalue weighted by Crippen LogP contribution is -2.31. The van der Waals surface area contributed by atoms with Gasteiger partial charge in [-0.2, -0.15) is 5.26 Å². The van der Waals surface area contributed by atoms with Crippen molar-refractivity contribution in [3.05, 3.63) is 35.4 Å². The number of ether oxygens (including phenoxy) is 1. The zero-order valence-electron chi connectivity index (χ0n) is 12.6. The molecular weight excluding hydrogens is 252 g/mol. The molecule has 1 aromatic rings. The van der Waals surface area contributed by atoms with E-state index in [9.17, 15) is 10.1 Å². The molecule has 0 aliphatic carbocycles. The van der Waals surface area contributed by atoms with Crippen molar-refractivity contribution in [1.29, 1.82) is 5.26 Å². The van der Waals surface area contributed by atoms with Crippen molar-refractivity contribution in [3.8, 4) is 6.07 Å². The van der Waals surface area contributed by atoms with Gasteiger partial charge in [-0.05, 0) is 23.5 Å². The molecule has 0 aromatic heterocycles. The van der Waals surface area contributed by atoms with Crippen LogP contribution >= 0.6 is 0 Å². The minimum Gasteiger partial charge on any atom is -0.372 e. The van der Waals surface area contributed by atoms with Crippen LogP contribution in [0.4, 0.5) is 0 Å². The fraction of sp³-hybridized carbons (Fsp3) is 0.500. The predicted molar refractivity (Wildman–Crippen MR) is 78.1 cm³/mol. The maximum Gasteiger partial charge on any atom is 0.247 e. The molecule has 1 N–H and O–H groups in total. The van der Waals surface area contributed by atoms with E-state index in [0.29, 0.717) is 6.61 Å². The SMILES string of the molecule is CCOCC(=O)N[C@H](C#N)c1ccc(C(C)(C)C)cc1. The van der Waals surface area contributed by atoms with Gasteiger partial charge in [-0.15, -0.1) is 0 Å². The molecule has 0 heterocycles. The highest BCUT2D eigenvalue weighted by Gasteiger charge is 2.16. The Kier molecular flexibility index (Phi) is 5.72. The van der Waals surface area contributed by atoms with Gasteiger partial charge in [-0.25, -0.2) is 0 Å². The summed E-state index contributed by atoms with van der Waals surface area (Å²) in [7, 11) is 0. The number of carbonyl (C=O) groups is 1. The quantitative estimate of drug-likeness (QED) is 0.898.